The molecule has 0 bridgehead atoms. The Kier molecular flexibility index (Phi) is 7.07. The first-order valence-electron chi connectivity index (χ1n) is 10.4. The second kappa shape index (κ2) is 9.93. The van der Waals surface area contributed by atoms with Gasteiger partial charge in [-0.3, -0.25) is 19.1 Å². The molecule has 1 aromatic heterocycles. The number of nitrogen functional groups attached to an aromatic ring is 1. The molecule has 0 atom stereocenters. The van der Waals surface area contributed by atoms with E-state index in [1.807, 2.05) is 74.5 Å². The molecule has 1 heterocycles. The number of hydrogen-bond acceptors (Lipinski definition) is 4. The molecule has 7 nitrogen and oxygen atoms in total. The van der Waals surface area contributed by atoms with E-state index >= 15 is 0 Å². The number of hydrogen-bond donors (Lipinski definition) is 2. The minimum Gasteiger partial charge on any atom is -0.383 e. The highest BCUT2D eigenvalue weighted by Crippen LogP contribution is 2.20. The van der Waals surface area contributed by atoms with E-state index in [9.17, 15) is 14.4 Å². The topological polar surface area (TPSA) is 101 Å². The van der Waals surface area contributed by atoms with E-state index in [4.69, 9.17) is 5.73 Å². The molecule has 1 amide bonds. The number of benzene rings is 2. The van der Waals surface area contributed by atoms with Crippen LogP contribution in [0.5, 0.6) is 0 Å². The summed E-state index contributed by atoms with van der Waals surface area (Å²) >= 11 is 0. The molecular formula is C24H28N4O3. The Balaban J connectivity index is 2.02. The number of amides is 1. The molecule has 3 rings (SSSR count). The van der Waals surface area contributed by atoms with Gasteiger partial charge in [0.25, 0.3) is 5.56 Å². The van der Waals surface area contributed by atoms with Crippen molar-refractivity contribution < 1.29 is 4.79 Å². The SMILES string of the molecule is CC(C)CCN(C(=O)Cc1ccccc1)c1c(N)n(Cc2ccccc2)c(=O)[nH]c1=O. The van der Waals surface area contributed by atoms with Gasteiger partial charge < -0.3 is 10.6 Å². The predicted molar refractivity (Wildman–Crippen MR) is 123 cm³/mol. The standard InChI is InChI=1S/C24H28N4O3/c1-17(2)13-14-27(20(29)15-18-9-5-3-6-10-18)21-22(25)28(24(31)26-23(21)30)16-19-11-7-4-8-12-19/h3-12,17H,13-16,25H2,1-2H3,(H,26,30,31). The Morgan fingerprint density at radius 3 is 2.16 bits per heavy atom. The van der Waals surface area contributed by atoms with Crippen molar-refractivity contribution >= 4 is 17.4 Å². The summed E-state index contributed by atoms with van der Waals surface area (Å²) in [6, 6.07) is 18.7. The molecule has 2 aromatic carbocycles. The summed E-state index contributed by atoms with van der Waals surface area (Å²) in [5, 5.41) is 0. The Morgan fingerprint density at radius 1 is 1.00 bits per heavy atom. The van der Waals surface area contributed by atoms with Crippen LogP contribution >= 0.6 is 0 Å². The van der Waals surface area contributed by atoms with Crippen LogP contribution in [0, 0.1) is 5.92 Å². The van der Waals surface area contributed by atoms with Gasteiger partial charge in [-0.25, -0.2) is 4.79 Å². The largest absolute Gasteiger partial charge is 0.383 e. The van der Waals surface area contributed by atoms with E-state index in [0.717, 1.165) is 11.1 Å². The first-order valence-corrected chi connectivity index (χ1v) is 10.4. The summed E-state index contributed by atoms with van der Waals surface area (Å²) in [4.78, 5) is 42.2. The van der Waals surface area contributed by atoms with Crippen molar-refractivity contribution in [3.63, 3.8) is 0 Å². The summed E-state index contributed by atoms with van der Waals surface area (Å²) in [7, 11) is 0. The van der Waals surface area contributed by atoms with Gasteiger partial charge in [0.15, 0.2) is 5.69 Å². The summed E-state index contributed by atoms with van der Waals surface area (Å²) in [5.74, 6) is 0.0688. The third-order valence-corrected chi connectivity index (χ3v) is 5.10. The van der Waals surface area contributed by atoms with E-state index in [-0.39, 0.29) is 30.4 Å². The van der Waals surface area contributed by atoms with Crippen LogP contribution in [0.3, 0.4) is 0 Å². The number of aromatic nitrogens is 2. The van der Waals surface area contributed by atoms with Crippen LogP contribution in [0.1, 0.15) is 31.4 Å². The van der Waals surface area contributed by atoms with Crippen molar-refractivity contribution in [1.82, 2.24) is 9.55 Å². The highest BCUT2D eigenvalue weighted by atomic mass is 16.2. The Hall–Kier alpha value is -3.61. The molecule has 0 aliphatic rings. The van der Waals surface area contributed by atoms with E-state index < -0.39 is 11.2 Å². The van der Waals surface area contributed by atoms with Gasteiger partial charge in [-0.2, -0.15) is 0 Å². The first kappa shape index (κ1) is 22.1. The lowest BCUT2D eigenvalue weighted by molar-refractivity contribution is -0.118. The lowest BCUT2D eigenvalue weighted by Crippen LogP contribution is -2.42. The first-order chi connectivity index (χ1) is 14.9. The smallest absolute Gasteiger partial charge is 0.330 e. The number of nitrogens with two attached hydrogens (primary N) is 1. The van der Waals surface area contributed by atoms with Gasteiger partial charge in [0.2, 0.25) is 5.91 Å². The number of rotatable bonds is 8. The quantitative estimate of drug-likeness (QED) is 0.585. The van der Waals surface area contributed by atoms with Crippen molar-refractivity contribution in [3.8, 4) is 0 Å². The third-order valence-electron chi connectivity index (χ3n) is 5.10. The Bertz CT molecular complexity index is 1130. The number of H-pyrrole nitrogens is 1. The predicted octanol–water partition coefficient (Wildman–Crippen LogP) is 2.79. The zero-order chi connectivity index (χ0) is 22.4. The van der Waals surface area contributed by atoms with Gasteiger partial charge >= 0.3 is 5.69 Å². The fourth-order valence-corrected chi connectivity index (χ4v) is 3.38. The summed E-state index contributed by atoms with van der Waals surface area (Å²) in [5.41, 5.74) is 6.79. The second-order valence-corrected chi connectivity index (χ2v) is 7.96. The maximum Gasteiger partial charge on any atom is 0.330 e. The molecule has 162 valence electrons. The van der Waals surface area contributed by atoms with Gasteiger partial charge in [-0.1, -0.05) is 74.5 Å². The Labute approximate surface area is 181 Å². The van der Waals surface area contributed by atoms with Crippen LogP contribution in [0.15, 0.2) is 70.3 Å². The molecule has 0 fully saturated rings. The number of carbonyl (C=O) groups excluding carboxylic acids is 1. The molecule has 0 unspecified atom stereocenters. The molecule has 0 spiro atoms. The number of anilines is 2. The summed E-state index contributed by atoms with van der Waals surface area (Å²) in [6.07, 6.45) is 0.826. The molecule has 31 heavy (non-hydrogen) atoms. The molecule has 0 saturated carbocycles. The van der Waals surface area contributed by atoms with E-state index in [2.05, 4.69) is 4.98 Å². The van der Waals surface area contributed by atoms with Gasteiger partial charge in [0.1, 0.15) is 5.82 Å². The molecule has 0 radical (unpaired) electrons. The fraction of sp³-hybridized carbons (Fsp3) is 0.292. The van der Waals surface area contributed by atoms with Gasteiger partial charge in [-0.15, -0.1) is 0 Å². The molecule has 7 heteroatoms. The molecule has 0 saturated heterocycles. The molecule has 0 aliphatic carbocycles. The van der Waals surface area contributed by atoms with Crippen LogP contribution in [0.2, 0.25) is 0 Å². The number of aromatic amines is 1. The van der Waals surface area contributed by atoms with Gasteiger partial charge in [0, 0.05) is 6.54 Å². The molecule has 3 N–H and O–H groups in total. The van der Waals surface area contributed by atoms with Gasteiger partial charge in [0.05, 0.1) is 13.0 Å². The van der Waals surface area contributed by atoms with Crippen LogP contribution < -0.4 is 21.9 Å². The zero-order valence-corrected chi connectivity index (χ0v) is 17.9. The average molecular weight is 421 g/mol. The van der Waals surface area contributed by atoms with Crippen molar-refractivity contribution in [1.29, 1.82) is 0 Å². The van der Waals surface area contributed by atoms with Crippen LogP contribution in [-0.4, -0.2) is 22.0 Å². The summed E-state index contributed by atoms with van der Waals surface area (Å²) < 4.78 is 1.30. The van der Waals surface area contributed by atoms with Crippen molar-refractivity contribution in [2.45, 2.75) is 33.2 Å². The maximum absolute atomic E-state index is 13.2. The van der Waals surface area contributed by atoms with Crippen molar-refractivity contribution in [2.24, 2.45) is 5.92 Å². The van der Waals surface area contributed by atoms with Crippen LogP contribution in [0.4, 0.5) is 11.5 Å². The van der Waals surface area contributed by atoms with Gasteiger partial charge in [-0.05, 0) is 23.5 Å². The van der Waals surface area contributed by atoms with Crippen LogP contribution in [-0.2, 0) is 17.8 Å². The molecule has 0 aliphatic heterocycles. The van der Waals surface area contributed by atoms with E-state index in [1.165, 1.54) is 9.47 Å². The second-order valence-electron chi connectivity index (χ2n) is 7.96. The molecular weight excluding hydrogens is 392 g/mol. The highest BCUT2D eigenvalue weighted by Gasteiger charge is 2.24. The lowest BCUT2D eigenvalue weighted by atomic mass is 10.1. The van der Waals surface area contributed by atoms with Crippen molar-refractivity contribution in [2.75, 3.05) is 17.2 Å². The maximum atomic E-state index is 13.2. The summed E-state index contributed by atoms with van der Waals surface area (Å²) in [6.45, 7) is 4.62. The number of carbonyl (C=O) groups is 1. The highest BCUT2D eigenvalue weighted by molar-refractivity contribution is 5.96. The number of nitrogens with one attached hydrogen (secondary N) is 1. The van der Waals surface area contributed by atoms with Crippen LogP contribution in [0.25, 0.3) is 0 Å². The lowest BCUT2D eigenvalue weighted by Gasteiger charge is -2.25. The molecule has 3 aromatic rings. The van der Waals surface area contributed by atoms with E-state index in [1.54, 1.807) is 0 Å². The Morgan fingerprint density at radius 2 is 1.58 bits per heavy atom. The average Bonchev–Trinajstić information content (AvgIpc) is 2.74. The number of nitrogens with zero attached hydrogens (tertiary/aromatic N) is 2. The minimum atomic E-state index is -0.656. The fourth-order valence-electron chi connectivity index (χ4n) is 3.38. The monoisotopic (exact) mass is 420 g/mol. The van der Waals surface area contributed by atoms with Crippen molar-refractivity contribution in [3.05, 3.63) is 92.6 Å². The minimum absolute atomic E-state index is 0.0113. The zero-order valence-electron chi connectivity index (χ0n) is 17.9. The normalized spacial score (nSPS) is 10.9. The van der Waals surface area contributed by atoms with E-state index in [0.29, 0.717) is 18.9 Å². The third kappa shape index (κ3) is 5.51.